The molecule has 92 valence electrons. The van der Waals surface area contributed by atoms with Crippen molar-refractivity contribution in [3.8, 4) is 17.5 Å². The number of nitrogens with zero attached hydrogens (tertiary/aromatic N) is 4. The van der Waals surface area contributed by atoms with Crippen LogP contribution in [0.25, 0.3) is 17.0 Å². The quantitative estimate of drug-likeness (QED) is 0.728. The summed E-state index contributed by atoms with van der Waals surface area (Å²) in [7, 11) is 0. The molecule has 0 saturated heterocycles. The summed E-state index contributed by atoms with van der Waals surface area (Å²) >= 11 is 5.76. The number of pyridine rings is 1. The van der Waals surface area contributed by atoms with Crippen LogP contribution in [0.2, 0.25) is 5.02 Å². The molecule has 0 unspecified atom stereocenters. The highest BCUT2D eigenvalue weighted by atomic mass is 35.5. The van der Waals surface area contributed by atoms with E-state index in [1.54, 1.807) is 12.1 Å². The molecule has 19 heavy (non-hydrogen) atoms. The van der Waals surface area contributed by atoms with E-state index in [4.69, 9.17) is 16.9 Å². The van der Waals surface area contributed by atoms with Crippen LogP contribution in [-0.2, 0) is 0 Å². The van der Waals surface area contributed by atoms with Crippen molar-refractivity contribution in [3.63, 3.8) is 0 Å². The molecule has 0 saturated carbocycles. The molecule has 0 aliphatic heterocycles. The number of nitrogens with one attached hydrogen (secondary N) is 1. The second kappa shape index (κ2) is 4.23. The van der Waals surface area contributed by atoms with Gasteiger partial charge < -0.3 is 4.98 Å². The minimum absolute atomic E-state index is 0.299. The van der Waals surface area contributed by atoms with Crippen LogP contribution in [0.5, 0.6) is 0 Å². The van der Waals surface area contributed by atoms with Gasteiger partial charge in [-0.15, -0.1) is 0 Å². The molecule has 0 spiro atoms. The third-order valence-corrected chi connectivity index (χ3v) is 2.85. The summed E-state index contributed by atoms with van der Waals surface area (Å²) in [6.07, 6.45) is 2.83. The van der Waals surface area contributed by atoms with Crippen LogP contribution in [0.4, 0.5) is 0 Å². The Morgan fingerprint density at radius 3 is 2.89 bits per heavy atom. The smallest absolute Gasteiger partial charge is 0.274 e. The monoisotopic (exact) mass is 271 g/mol. The number of fused-ring (bicyclic) bond motifs is 1. The summed E-state index contributed by atoms with van der Waals surface area (Å²) in [5, 5.41) is 13.3. The highest BCUT2D eigenvalue weighted by Crippen LogP contribution is 2.16. The first-order valence-corrected chi connectivity index (χ1v) is 5.70. The van der Waals surface area contributed by atoms with Crippen molar-refractivity contribution in [2.75, 3.05) is 0 Å². The molecule has 3 aromatic heterocycles. The Kier molecular flexibility index (Phi) is 2.54. The van der Waals surface area contributed by atoms with Crippen molar-refractivity contribution in [2.45, 2.75) is 0 Å². The Balaban J connectivity index is 2.28. The topological polar surface area (TPSA) is 86.8 Å². The van der Waals surface area contributed by atoms with E-state index in [-0.39, 0.29) is 5.56 Å². The maximum atomic E-state index is 11.9. The lowest BCUT2D eigenvalue weighted by molar-refractivity contribution is 0.900. The van der Waals surface area contributed by atoms with Crippen molar-refractivity contribution < 1.29 is 0 Å². The van der Waals surface area contributed by atoms with Crippen LogP contribution in [0.1, 0.15) is 5.56 Å². The lowest BCUT2D eigenvalue weighted by Gasteiger charge is -2.02. The molecule has 1 N–H and O–H groups in total. The minimum Gasteiger partial charge on any atom is -0.337 e. The summed E-state index contributed by atoms with van der Waals surface area (Å²) in [5.41, 5.74) is 1.39. The molecule has 0 aliphatic rings. The minimum atomic E-state index is -0.331. The predicted octanol–water partition coefficient (Wildman–Crippen LogP) is 1.61. The van der Waals surface area contributed by atoms with Crippen LogP contribution >= 0.6 is 11.6 Å². The molecule has 0 radical (unpaired) electrons. The zero-order valence-electron chi connectivity index (χ0n) is 9.46. The number of hydrogen-bond donors (Lipinski definition) is 1. The molecule has 3 heterocycles. The van der Waals surface area contributed by atoms with Gasteiger partial charge in [-0.2, -0.15) is 14.9 Å². The molecule has 6 nitrogen and oxygen atoms in total. The van der Waals surface area contributed by atoms with Crippen molar-refractivity contribution in [2.24, 2.45) is 0 Å². The zero-order chi connectivity index (χ0) is 13.4. The van der Waals surface area contributed by atoms with Crippen LogP contribution < -0.4 is 5.56 Å². The van der Waals surface area contributed by atoms with Gasteiger partial charge in [0.2, 0.25) is 0 Å². The number of hydrogen-bond acceptors (Lipinski definition) is 4. The van der Waals surface area contributed by atoms with E-state index in [2.05, 4.69) is 15.1 Å². The summed E-state index contributed by atoms with van der Waals surface area (Å²) in [5.74, 6) is 0. The third-order valence-electron chi connectivity index (χ3n) is 2.62. The average Bonchev–Trinajstić information content (AvgIpc) is 2.83. The Hall–Kier alpha value is -2.65. The highest BCUT2D eigenvalue weighted by Gasteiger charge is 2.09. The largest absolute Gasteiger partial charge is 0.337 e. The normalized spacial score (nSPS) is 10.5. The van der Waals surface area contributed by atoms with Gasteiger partial charge in [0, 0.05) is 12.3 Å². The van der Waals surface area contributed by atoms with E-state index in [1.165, 1.54) is 18.5 Å². The fourth-order valence-electron chi connectivity index (χ4n) is 1.74. The first-order valence-electron chi connectivity index (χ1n) is 5.32. The lowest BCUT2D eigenvalue weighted by Crippen LogP contribution is -2.14. The molecular formula is C12H6ClN5O. The van der Waals surface area contributed by atoms with Gasteiger partial charge >= 0.3 is 0 Å². The lowest BCUT2D eigenvalue weighted by atomic mass is 10.2. The summed E-state index contributed by atoms with van der Waals surface area (Å²) < 4.78 is 1.14. The second-order valence-electron chi connectivity index (χ2n) is 3.81. The molecule has 3 aromatic rings. The van der Waals surface area contributed by atoms with Gasteiger partial charge in [-0.25, -0.2) is 0 Å². The maximum absolute atomic E-state index is 11.9. The van der Waals surface area contributed by atoms with E-state index >= 15 is 0 Å². The van der Waals surface area contributed by atoms with E-state index in [0.29, 0.717) is 27.6 Å². The Labute approximate surface area is 111 Å². The van der Waals surface area contributed by atoms with Gasteiger partial charge in [-0.3, -0.25) is 9.78 Å². The van der Waals surface area contributed by atoms with Gasteiger partial charge in [0.1, 0.15) is 11.6 Å². The molecule has 0 atom stereocenters. The molecule has 3 rings (SSSR count). The average molecular weight is 272 g/mol. The van der Waals surface area contributed by atoms with E-state index < -0.39 is 0 Å². The molecular weight excluding hydrogens is 266 g/mol. The van der Waals surface area contributed by atoms with E-state index in [1.807, 2.05) is 6.07 Å². The summed E-state index contributed by atoms with van der Waals surface area (Å²) in [6, 6.07) is 6.70. The van der Waals surface area contributed by atoms with Crippen LogP contribution in [0.15, 0.2) is 35.4 Å². The standard InChI is InChI=1S/C12H6ClN5O/c13-8-1-2-9(15-6-8)10-3-11(19)18-12(17-10)7(4-14)5-16-18/h1-3,5-6,17H. The maximum Gasteiger partial charge on any atom is 0.274 e. The van der Waals surface area contributed by atoms with Gasteiger partial charge in [-0.05, 0) is 12.1 Å². The third kappa shape index (κ3) is 1.86. The summed E-state index contributed by atoms with van der Waals surface area (Å²) in [4.78, 5) is 19.0. The van der Waals surface area contributed by atoms with Crippen molar-refractivity contribution >= 4 is 17.2 Å². The van der Waals surface area contributed by atoms with Crippen molar-refractivity contribution in [1.82, 2.24) is 19.6 Å². The number of aromatic amines is 1. The molecule has 0 bridgehead atoms. The molecule has 0 amide bonds. The zero-order valence-corrected chi connectivity index (χ0v) is 10.2. The van der Waals surface area contributed by atoms with Gasteiger partial charge in [0.05, 0.1) is 22.6 Å². The number of nitriles is 1. The van der Waals surface area contributed by atoms with E-state index in [0.717, 1.165) is 4.52 Å². The predicted molar refractivity (Wildman–Crippen MR) is 68.8 cm³/mol. The van der Waals surface area contributed by atoms with E-state index in [9.17, 15) is 4.79 Å². The Bertz CT molecular complexity index is 856. The van der Waals surface area contributed by atoms with Crippen molar-refractivity contribution in [1.29, 1.82) is 5.26 Å². The first-order chi connectivity index (χ1) is 9.19. The molecule has 0 aliphatic carbocycles. The number of H-pyrrole nitrogens is 1. The fourth-order valence-corrected chi connectivity index (χ4v) is 1.85. The highest BCUT2D eigenvalue weighted by molar-refractivity contribution is 6.30. The number of halogens is 1. The first kappa shape index (κ1) is 11.4. The second-order valence-corrected chi connectivity index (χ2v) is 4.25. The molecule has 7 heteroatoms. The Morgan fingerprint density at radius 2 is 2.21 bits per heavy atom. The molecule has 0 fully saturated rings. The number of aromatic nitrogens is 4. The Morgan fingerprint density at radius 1 is 1.37 bits per heavy atom. The van der Waals surface area contributed by atoms with Crippen molar-refractivity contribution in [3.05, 3.63) is 51.5 Å². The SMILES string of the molecule is N#Cc1cnn2c(=O)cc(-c3ccc(Cl)cn3)[nH]c12. The van der Waals surface area contributed by atoms with Crippen LogP contribution in [0.3, 0.4) is 0 Å². The summed E-state index contributed by atoms with van der Waals surface area (Å²) in [6.45, 7) is 0. The van der Waals surface area contributed by atoms with Gasteiger partial charge in [-0.1, -0.05) is 11.6 Å². The van der Waals surface area contributed by atoms with Crippen LogP contribution in [0, 0.1) is 11.3 Å². The van der Waals surface area contributed by atoms with Gasteiger partial charge in [0.25, 0.3) is 5.56 Å². The fraction of sp³-hybridized carbons (Fsp3) is 0. The van der Waals surface area contributed by atoms with Gasteiger partial charge in [0.15, 0.2) is 5.65 Å². The molecule has 0 aromatic carbocycles. The van der Waals surface area contributed by atoms with Crippen LogP contribution in [-0.4, -0.2) is 19.6 Å². The number of rotatable bonds is 1.